The van der Waals surface area contributed by atoms with E-state index in [1.54, 1.807) is 24.3 Å². The first kappa shape index (κ1) is 19.8. The molecule has 29 heavy (non-hydrogen) atoms. The van der Waals surface area contributed by atoms with Gasteiger partial charge < -0.3 is 15.0 Å². The van der Waals surface area contributed by atoms with Gasteiger partial charge in [0.25, 0.3) is 0 Å². The summed E-state index contributed by atoms with van der Waals surface area (Å²) >= 11 is 7.24. The third kappa shape index (κ3) is 4.90. The highest BCUT2D eigenvalue weighted by atomic mass is 35.5. The molecule has 1 aromatic heterocycles. The normalized spacial score (nSPS) is 14.0. The maximum atomic E-state index is 12.4. The molecule has 1 saturated heterocycles. The zero-order valence-electron chi connectivity index (χ0n) is 15.6. The Balaban J connectivity index is 1.51. The fourth-order valence-electron chi connectivity index (χ4n) is 2.99. The van der Waals surface area contributed by atoms with Crippen molar-refractivity contribution in [3.63, 3.8) is 0 Å². The topological polar surface area (TPSA) is 72.3 Å². The highest BCUT2D eigenvalue weighted by Gasteiger charge is 2.22. The zero-order valence-corrected chi connectivity index (χ0v) is 17.2. The van der Waals surface area contributed by atoms with E-state index in [2.05, 4.69) is 20.4 Å². The Morgan fingerprint density at radius 2 is 1.79 bits per heavy atom. The molecule has 4 rings (SSSR count). The quantitative estimate of drug-likeness (QED) is 0.605. The van der Waals surface area contributed by atoms with Crippen LogP contribution in [0.15, 0.2) is 59.8 Å². The summed E-state index contributed by atoms with van der Waals surface area (Å²) in [5.41, 5.74) is 1.66. The fraction of sp³-hybridized carbons (Fsp3) is 0.250. The first-order valence-corrected chi connectivity index (χ1v) is 10.6. The summed E-state index contributed by atoms with van der Waals surface area (Å²) in [4.78, 5) is 14.5. The van der Waals surface area contributed by atoms with E-state index in [-0.39, 0.29) is 11.7 Å². The molecule has 0 saturated carbocycles. The van der Waals surface area contributed by atoms with Crippen LogP contribution >= 0.6 is 23.4 Å². The lowest BCUT2D eigenvalue weighted by Crippen LogP contribution is -2.37. The predicted octanol–water partition coefficient (Wildman–Crippen LogP) is 3.49. The summed E-state index contributed by atoms with van der Waals surface area (Å²) in [5.74, 6) is 0.865. The fourth-order valence-corrected chi connectivity index (χ4v) is 3.86. The number of hydrogen-bond donors (Lipinski definition) is 1. The van der Waals surface area contributed by atoms with Gasteiger partial charge in [-0.05, 0) is 36.4 Å². The number of benzene rings is 2. The van der Waals surface area contributed by atoms with E-state index in [1.807, 2.05) is 34.9 Å². The van der Waals surface area contributed by atoms with Crippen molar-refractivity contribution in [3.8, 4) is 5.69 Å². The number of morpholine rings is 1. The summed E-state index contributed by atoms with van der Waals surface area (Å²) in [6.07, 6.45) is 0. The molecule has 1 fully saturated rings. The van der Waals surface area contributed by atoms with E-state index in [0.717, 1.165) is 24.7 Å². The minimum absolute atomic E-state index is 0.118. The van der Waals surface area contributed by atoms with Crippen molar-refractivity contribution in [3.05, 3.63) is 59.6 Å². The lowest BCUT2D eigenvalue weighted by Gasteiger charge is -2.27. The Morgan fingerprint density at radius 1 is 1.07 bits per heavy atom. The van der Waals surface area contributed by atoms with Gasteiger partial charge in [-0.1, -0.05) is 41.6 Å². The van der Waals surface area contributed by atoms with E-state index in [0.29, 0.717) is 29.1 Å². The van der Waals surface area contributed by atoms with Crippen molar-refractivity contribution in [2.24, 2.45) is 0 Å². The summed E-state index contributed by atoms with van der Waals surface area (Å²) < 4.78 is 7.44. The van der Waals surface area contributed by atoms with Crippen LogP contribution in [0.2, 0.25) is 5.02 Å². The molecular formula is C20H20ClN5O2S. The smallest absolute Gasteiger partial charge is 0.234 e. The zero-order chi connectivity index (χ0) is 20.1. The van der Waals surface area contributed by atoms with Gasteiger partial charge in [0.15, 0.2) is 5.16 Å². The van der Waals surface area contributed by atoms with Crippen molar-refractivity contribution in [1.29, 1.82) is 0 Å². The van der Waals surface area contributed by atoms with Crippen LogP contribution in [-0.4, -0.2) is 52.7 Å². The van der Waals surface area contributed by atoms with Gasteiger partial charge in [0.05, 0.1) is 24.7 Å². The van der Waals surface area contributed by atoms with E-state index < -0.39 is 0 Å². The van der Waals surface area contributed by atoms with Gasteiger partial charge in [-0.3, -0.25) is 9.36 Å². The average molecular weight is 430 g/mol. The highest BCUT2D eigenvalue weighted by molar-refractivity contribution is 7.99. The number of anilines is 2. The third-order valence-electron chi connectivity index (χ3n) is 4.38. The van der Waals surface area contributed by atoms with Crippen LogP contribution < -0.4 is 10.2 Å². The maximum absolute atomic E-state index is 12.4. The van der Waals surface area contributed by atoms with Crippen LogP contribution in [0.5, 0.6) is 0 Å². The number of carbonyl (C=O) groups is 1. The van der Waals surface area contributed by atoms with Crippen LogP contribution in [0.25, 0.3) is 5.69 Å². The molecule has 2 aromatic carbocycles. The van der Waals surface area contributed by atoms with Gasteiger partial charge in [-0.25, -0.2) is 0 Å². The van der Waals surface area contributed by atoms with Crippen molar-refractivity contribution >= 4 is 40.9 Å². The van der Waals surface area contributed by atoms with Crippen LogP contribution in [0, 0.1) is 0 Å². The number of ether oxygens (including phenoxy) is 1. The maximum Gasteiger partial charge on any atom is 0.234 e. The van der Waals surface area contributed by atoms with Crippen LogP contribution in [0.4, 0.5) is 11.6 Å². The van der Waals surface area contributed by atoms with Crippen molar-refractivity contribution in [2.45, 2.75) is 5.16 Å². The second-order valence-electron chi connectivity index (χ2n) is 6.40. The van der Waals surface area contributed by atoms with Crippen molar-refractivity contribution in [2.75, 3.05) is 42.3 Å². The van der Waals surface area contributed by atoms with Crippen LogP contribution in [0.1, 0.15) is 0 Å². The summed E-state index contributed by atoms with van der Waals surface area (Å²) in [7, 11) is 0. The van der Waals surface area contributed by atoms with Gasteiger partial charge in [0, 0.05) is 23.8 Å². The van der Waals surface area contributed by atoms with Crippen molar-refractivity contribution < 1.29 is 9.53 Å². The van der Waals surface area contributed by atoms with Crippen LogP contribution in [-0.2, 0) is 9.53 Å². The number of thioether (sulfide) groups is 1. The van der Waals surface area contributed by atoms with E-state index in [1.165, 1.54) is 11.8 Å². The Kier molecular flexibility index (Phi) is 6.33. The number of nitrogens with one attached hydrogen (secondary N) is 1. The largest absolute Gasteiger partial charge is 0.378 e. The van der Waals surface area contributed by atoms with E-state index in [9.17, 15) is 4.79 Å². The number of aromatic nitrogens is 3. The number of hydrogen-bond acceptors (Lipinski definition) is 6. The standard InChI is InChI=1S/C20H20ClN5O2S/c21-15-6-8-16(9-7-15)22-18(27)14-29-20-24-23-19(25-10-12-28-13-11-25)26(20)17-4-2-1-3-5-17/h1-9H,10-14H2,(H,22,27). The third-order valence-corrected chi connectivity index (χ3v) is 5.57. The van der Waals surface area contributed by atoms with Gasteiger partial charge in [-0.15, -0.1) is 10.2 Å². The molecule has 0 unspecified atom stereocenters. The van der Waals surface area contributed by atoms with E-state index in [4.69, 9.17) is 16.3 Å². The Bertz CT molecular complexity index is 959. The first-order valence-electron chi connectivity index (χ1n) is 9.22. The predicted molar refractivity (Wildman–Crippen MR) is 115 cm³/mol. The molecule has 9 heteroatoms. The minimum atomic E-state index is -0.118. The second kappa shape index (κ2) is 9.30. The van der Waals surface area contributed by atoms with Gasteiger partial charge in [0.1, 0.15) is 0 Å². The summed E-state index contributed by atoms with van der Waals surface area (Å²) in [6, 6.07) is 16.9. The molecule has 0 atom stereocenters. The number of carbonyl (C=O) groups excluding carboxylic acids is 1. The molecule has 0 spiro atoms. The number of rotatable bonds is 6. The lowest BCUT2D eigenvalue weighted by molar-refractivity contribution is -0.113. The number of halogens is 1. The molecule has 1 aliphatic heterocycles. The second-order valence-corrected chi connectivity index (χ2v) is 7.78. The molecule has 0 aliphatic carbocycles. The lowest BCUT2D eigenvalue weighted by atomic mass is 10.3. The number of nitrogens with zero attached hydrogens (tertiary/aromatic N) is 4. The summed E-state index contributed by atoms with van der Waals surface area (Å²) in [5, 5.41) is 12.9. The number of amides is 1. The molecule has 7 nitrogen and oxygen atoms in total. The number of para-hydroxylation sites is 1. The highest BCUT2D eigenvalue weighted by Crippen LogP contribution is 2.27. The first-order chi connectivity index (χ1) is 14.2. The molecule has 0 bridgehead atoms. The molecule has 1 N–H and O–H groups in total. The van der Waals surface area contributed by atoms with E-state index >= 15 is 0 Å². The monoisotopic (exact) mass is 429 g/mol. The molecular weight excluding hydrogens is 410 g/mol. The SMILES string of the molecule is O=C(CSc1nnc(N2CCOCC2)n1-c1ccccc1)Nc1ccc(Cl)cc1. The van der Waals surface area contributed by atoms with Gasteiger partial charge >= 0.3 is 0 Å². The molecule has 2 heterocycles. The Hall–Kier alpha value is -2.55. The molecule has 3 aromatic rings. The molecule has 1 aliphatic rings. The van der Waals surface area contributed by atoms with Crippen LogP contribution in [0.3, 0.4) is 0 Å². The van der Waals surface area contributed by atoms with Gasteiger partial charge in [0.2, 0.25) is 11.9 Å². The molecule has 150 valence electrons. The molecule has 0 radical (unpaired) electrons. The Morgan fingerprint density at radius 3 is 2.52 bits per heavy atom. The summed E-state index contributed by atoms with van der Waals surface area (Å²) in [6.45, 7) is 2.83. The van der Waals surface area contributed by atoms with Crippen molar-refractivity contribution in [1.82, 2.24) is 14.8 Å². The molecule has 1 amide bonds. The van der Waals surface area contributed by atoms with Gasteiger partial charge in [-0.2, -0.15) is 0 Å². The Labute approximate surface area is 178 Å². The average Bonchev–Trinajstić information content (AvgIpc) is 3.19. The minimum Gasteiger partial charge on any atom is -0.378 e.